The van der Waals surface area contributed by atoms with Gasteiger partial charge in [-0.25, -0.2) is 0 Å². The fourth-order valence-electron chi connectivity index (χ4n) is 2.29. The van der Waals surface area contributed by atoms with E-state index in [1.54, 1.807) is 0 Å². The van der Waals surface area contributed by atoms with E-state index in [0.29, 0.717) is 6.54 Å². The Labute approximate surface area is 104 Å². The van der Waals surface area contributed by atoms with Gasteiger partial charge in [0, 0.05) is 13.1 Å². The zero-order valence-electron chi connectivity index (χ0n) is 10.4. The fraction of sp³-hybridized carbons (Fsp3) is 0.467. The molecule has 92 valence electrons. The first-order chi connectivity index (χ1) is 8.38. The van der Waals surface area contributed by atoms with Crippen LogP contribution < -0.4 is 5.73 Å². The summed E-state index contributed by atoms with van der Waals surface area (Å²) in [5.41, 5.74) is 8.10. The molecule has 1 fully saturated rings. The summed E-state index contributed by atoms with van der Waals surface area (Å²) < 4.78 is 0. The van der Waals surface area contributed by atoms with Gasteiger partial charge in [0.2, 0.25) is 0 Å². The van der Waals surface area contributed by atoms with Crippen molar-refractivity contribution in [3.05, 3.63) is 41.5 Å². The van der Waals surface area contributed by atoms with Crippen molar-refractivity contribution in [1.29, 1.82) is 0 Å². The Kier molecular flexibility index (Phi) is 4.77. The van der Waals surface area contributed by atoms with Gasteiger partial charge in [-0.1, -0.05) is 36.4 Å². The van der Waals surface area contributed by atoms with E-state index in [-0.39, 0.29) is 0 Å². The van der Waals surface area contributed by atoms with Crippen molar-refractivity contribution in [2.75, 3.05) is 26.2 Å². The predicted octanol–water partition coefficient (Wildman–Crippen LogP) is 2.30. The van der Waals surface area contributed by atoms with Crippen LogP contribution in [-0.4, -0.2) is 31.1 Å². The average molecular weight is 230 g/mol. The summed E-state index contributed by atoms with van der Waals surface area (Å²) in [5, 5.41) is 0. The minimum absolute atomic E-state index is 0.608. The second-order valence-corrected chi connectivity index (χ2v) is 4.68. The zero-order chi connectivity index (χ0) is 11.9. The molecule has 1 saturated heterocycles. The molecule has 2 heteroatoms. The lowest BCUT2D eigenvalue weighted by atomic mass is 10.1. The molecule has 1 heterocycles. The van der Waals surface area contributed by atoms with E-state index in [2.05, 4.69) is 35.2 Å². The van der Waals surface area contributed by atoms with Crippen molar-refractivity contribution >= 4 is 6.08 Å². The molecule has 0 amide bonds. The van der Waals surface area contributed by atoms with Crippen LogP contribution in [0.3, 0.4) is 0 Å². The maximum absolute atomic E-state index is 5.43. The summed E-state index contributed by atoms with van der Waals surface area (Å²) in [7, 11) is 0. The first-order valence-corrected chi connectivity index (χ1v) is 6.56. The van der Waals surface area contributed by atoms with Gasteiger partial charge in [0.05, 0.1) is 0 Å². The molecule has 0 radical (unpaired) electrons. The molecular weight excluding hydrogens is 208 g/mol. The largest absolute Gasteiger partial charge is 0.327 e. The van der Waals surface area contributed by atoms with Crippen molar-refractivity contribution in [3.8, 4) is 0 Å². The highest BCUT2D eigenvalue weighted by molar-refractivity contribution is 5.49. The lowest BCUT2D eigenvalue weighted by Crippen LogP contribution is -2.21. The van der Waals surface area contributed by atoms with Crippen molar-refractivity contribution in [2.24, 2.45) is 5.73 Å². The molecule has 0 unspecified atom stereocenters. The third-order valence-corrected chi connectivity index (χ3v) is 3.34. The van der Waals surface area contributed by atoms with Crippen LogP contribution in [0.4, 0.5) is 0 Å². The summed E-state index contributed by atoms with van der Waals surface area (Å²) in [6.07, 6.45) is 7.98. The second kappa shape index (κ2) is 6.58. The number of benzene rings is 1. The number of nitrogens with two attached hydrogens (primary N) is 1. The molecule has 17 heavy (non-hydrogen) atoms. The summed E-state index contributed by atoms with van der Waals surface area (Å²) in [6.45, 7) is 4.39. The van der Waals surface area contributed by atoms with Crippen LogP contribution in [-0.2, 0) is 6.42 Å². The Bertz CT molecular complexity index is 348. The monoisotopic (exact) mass is 230 g/mol. The summed E-state index contributed by atoms with van der Waals surface area (Å²) in [5.74, 6) is 0. The number of rotatable bonds is 5. The molecule has 2 N–H and O–H groups in total. The number of hydrogen-bond acceptors (Lipinski definition) is 2. The molecule has 1 aromatic carbocycles. The standard InChI is InChI=1S/C15H22N2/c16-10-3-4-14-5-7-15(8-6-14)9-13-17-11-1-2-12-17/h3-8H,1-2,9-13,16H2/b4-3+. The van der Waals surface area contributed by atoms with Crippen LogP contribution >= 0.6 is 0 Å². The minimum Gasteiger partial charge on any atom is -0.327 e. The summed E-state index contributed by atoms with van der Waals surface area (Å²) >= 11 is 0. The molecule has 0 bridgehead atoms. The highest BCUT2D eigenvalue weighted by Gasteiger charge is 2.10. The number of hydrogen-bond donors (Lipinski definition) is 1. The first kappa shape index (κ1) is 12.3. The summed E-state index contributed by atoms with van der Waals surface area (Å²) in [6, 6.07) is 8.80. The van der Waals surface area contributed by atoms with Crippen molar-refractivity contribution in [2.45, 2.75) is 19.3 Å². The second-order valence-electron chi connectivity index (χ2n) is 4.68. The summed E-state index contributed by atoms with van der Waals surface area (Å²) in [4.78, 5) is 2.56. The van der Waals surface area contributed by atoms with Gasteiger partial charge in [-0.05, 0) is 43.5 Å². The van der Waals surface area contributed by atoms with E-state index in [0.717, 1.165) is 0 Å². The maximum atomic E-state index is 5.43. The van der Waals surface area contributed by atoms with Crippen LogP contribution in [0.5, 0.6) is 0 Å². The Balaban J connectivity index is 1.82. The maximum Gasteiger partial charge on any atom is 0.0110 e. The third-order valence-electron chi connectivity index (χ3n) is 3.34. The van der Waals surface area contributed by atoms with E-state index >= 15 is 0 Å². The topological polar surface area (TPSA) is 29.3 Å². The Morgan fingerprint density at radius 2 is 1.82 bits per heavy atom. The van der Waals surface area contributed by atoms with Crippen molar-refractivity contribution in [3.63, 3.8) is 0 Å². The van der Waals surface area contributed by atoms with Gasteiger partial charge in [0.25, 0.3) is 0 Å². The average Bonchev–Trinajstić information content (AvgIpc) is 2.88. The van der Waals surface area contributed by atoms with E-state index in [9.17, 15) is 0 Å². The number of nitrogens with zero attached hydrogens (tertiary/aromatic N) is 1. The highest BCUT2D eigenvalue weighted by Crippen LogP contribution is 2.10. The Morgan fingerprint density at radius 1 is 1.12 bits per heavy atom. The molecule has 0 atom stereocenters. The molecule has 2 nitrogen and oxygen atoms in total. The molecule has 1 aromatic rings. The lowest BCUT2D eigenvalue weighted by molar-refractivity contribution is 0.343. The van der Waals surface area contributed by atoms with E-state index in [1.165, 1.54) is 50.0 Å². The Morgan fingerprint density at radius 3 is 2.47 bits per heavy atom. The van der Waals surface area contributed by atoms with Gasteiger partial charge >= 0.3 is 0 Å². The van der Waals surface area contributed by atoms with Crippen LogP contribution in [0.15, 0.2) is 30.3 Å². The quantitative estimate of drug-likeness (QED) is 0.841. The van der Waals surface area contributed by atoms with E-state index < -0.39 is 0 Å². The normalized spacial score (nSPS) is 17.0. The molecule has 1 aliphatic heterocycles. The highest BCUT2D eigenvalue weighted by atomic mass is 15.1. The number of likely N-dealkylation sites (tertiary alicyclic amines) is 1. The van der Waals surface area contributed by atoms with Gasteiger partial charge in [-0.3, -0.25) is 0 Å². The van der Waals surface area contributed by atoms with Crippen LogP contribution in [0, 0.1) is 0 Å². The SMILES string of the molecule is NC/C=C/c1ccc(CCN2CCCC2)cc1. The minimum atomic E-state index is 0.608. The van der Waals surface area contributed by atoms with Crippen molar-refractivity contribution in [1.82, 2.24) is 4.90 Å². The van der Waals surface area contributed by atoms with Crippen LogP contribution in [0.1, 0.15) is 24.0 Å². The smallest absolute Gasteiger partial charge is 0.0110 e. The van der Waals surface area contributed by atoms with Crippen LogP contribution in [0.2, 0.25) is 0 Å². The Hall–Kier alpha value is -1.12. The van der Waals surface area contributed by atoms with Gasteiger partial charge in [0.15, 0.2) is 0 Å². The van der Waals surface area contributed by atoms with Gasteiger partial charge in [0.1, 0.15) is 0 Å². The van der Waals surface area contributed by atoms with Crippen LogP contribution in [0.25, 0.3) is 6.08 Å². The van der Waals surface area contributed by atoms with Gasteiger partial charge < -0.3 is 10.6 Å². The van der Waals surface area contributed by atoms with Gasteiger partial charge in [-0.15, -0.1) is 0 Å². The first-order valence-electron chi connectivity index (χ1n) is 6.56. The molecule has 0 aliphatic carbocycles. The lowest BCUT2D eigenvalue weighted by Gasteiger charge is -2.14. The fourth-order valence-corrected chi connectivity index (χ4v) is 2.29. The van der Waals surface area contributed by atoms with E-state index in [1.807, 2.05) is 6.08 Å². The molecule has 2 rings (SSSR count). The molecular formula is C15H22N2. The third kappa shape index (κ3) is 3.99. The molecule has 0 spiro atoms. The van der Waals surface area contributed by atoms with Gasteiger partial charge in [-0.2, -0.15) is 0 Å². The zero-order valence-corrected chi connectivity index (χ0v) is 10.4. The predicted molar refractivity (Wildman–Crippen MR) is 73.9 cm³/mol. The molecule has 0 aromatic heterocycles. The van der Waals surface area contributed by atoms with E-state index in [4.69, 9.17) is 5.73 Å². The van der Waals surface area contributed by atoms with Crippen molar-refractivity contribution < 1.29 is 0 Å². The molecule has 1 aliphatic rings. The molecule has 0 saturated carbocycles.